The number of amides is 1. The van der Waals surface area contributed by atoms with Gasteiger partial charge >= 0.3 is 5.97 Å². The SMILES string of the molecule is CCOC(=O)c1sc(=NC(=O)c2ccc(C#N)cc2)n([C@H]2CCCC[C@@H]2O)c1C. The number of aromatic nitrogens is 1. The molecule has 0 unspecified atom stereocenters. The summed E-state index contributed by atoms with van der Waals surface area (Å²) in [6.45, 7) is 3.77. The maximum Gasteiger partial charge on any atom is 0.350 e. The van der Waals surface area contributed by atoms with Crippen LogP contribution in [0.15, 0.2) is 29.3 Å². The maximum atomic E-state index is 12.7. The molecule has 1 saturated carbocycles. The second kappa shape index (κ2) is 9.16. The highest BCUT2D eigenvalue weighted by molar-refractivity contribution is 7.11. The Labute approximate surface area is 172 Å². The summed E-state index contributed by atoms with van der Waals surface area (Å²) in [5, 5.41) is 19.5. The molecule has 0 spiro atoms. The lowest BCUT2D eigenvalue weighted by atomic mass is 9.92. The van der Waals surface area contributed by atoms with Crippen molar-refractivity contribution in [1.29, 1.82) is 5.26 Å². The third-order valence-corrected chi connectivity index (χ3v) is 6.17. The van der Waals surface area contributed by atoms with Crippen LogP contribution in [0.1, 0.15) is 69.9 Å². The predicted molar refractivity (Wildman–Crippen MR) is 108 cm³/mol. The molecule has 152 valence electrons. The normalized spacial score (nSPS) is 19.6. The first-order valence-corrected chi connectivity index (χ1v) is 10.4. The van der Waals surface area contributed by atoms with E-state index in [2.05, 4.69) is 4.99 Å². The molecule has 0 bridgehead atoms. The van der Waals surface area contributed by atoms with Crippen LogP contribution in [0.3, 0.4) is 0 Å². The zero-order valence-electron chi connectivity index (χ0n) is 16.4. The van der Waals surface area contributed by atoms with Gasteiger partial charge in [-0.3, -0.25) is 4.79 Å². The predicted octanol–water partition coefficient (Wildman–Crippen LogP) is 3.12. The van der Waals surface area contributed by atoms with E-state index >= 15 is 0 Å². The Morgan fingerprint density at radius 2 is 2.00 bits per heavy atom. The lowest BCUT2D eigenvalue weighted by Crippen LogP contribution is -2.34. The highest BCUT2D eigenvalue weighted by Crippen LogP contribution is 2.30. The van der Waals surface area contributed by atoms with Crippen molar-refractivity contribution in [2.24, 2.45) is 4.99 Å². The summed E-state index contributed by atoms with van der Waals surface area (Å²) in [7, 11) is 0. The minimum atomic E-state index is -0.559. The van der Waals surface area contributed by atoms with E-state index in [0.717, 1.165) is 30.6 Å². The molecular formula is C21H23N3O4S. The number of thiazole rings is 1. The number of aliphatic hydroxyl groups is 1. The monoisotopic (exact) mass is 413 g/mol. The quantitative estimate of drug-likeness (QED) is 0.776. The second-order valence-corrected chi connectivity index (χ2v) is 7.89. The molecule has 8 heteroatoms. The number of esters is 1. The summed E-state index contributed by atoms with van der Waals surface area (Å²) in [5.74, 6) is -0.925. The molecular weight excluding hydrogens is 390 g/mol. The van der Waals surface area contributed by atoms with Gasteiger partial charge in [-0.15, -0.1) is 0 Å². The van der Waals surface area contributed by atoms with Gasteiger partial charge in [0.25, 0.3) is 5.91 Å². The van der Waals surface area contributed by atoms with Crippen molar-refractivity contribution >= 4 is 23.2 Å². The molecule has 1 fully saturated rings. The number of nitrogens with zero attached hydrogens (tertiary/aromatic N) is 3. The van der Waals surface area contributed by atoms with Gasteiger partial charge in [0.2, 0.25) is 0 Å². The molecule has 29 heavy (non-hydrogen) atoms. The minimum Gasteiger partial charge on any atom is -0.462 e. The van der Waals surface area contributed by atoms with Gasteiger partial charge in [0.05, 0.1) is 30.4 Å². The molecule has 3 rings (SSSR count). The van der Waals surface area contributed by atoms with E-state index in [1.54, 1.807) is 38.1 Å². The number of aliphatic hydroxyl groups excluding tert-OH is 1. The molecule has 1 aliphatic carbocycles. The highest BCUT2D eigenvalue weighted by Gasteiger charge is 2.29. The maximum absolute atomic E-state index is 12.7. The van der Waals surface area contributed by atoms with Crippen LogP contribution in [0.25, 0.3) is 0 Å². The van der Waals surface area contributed by atoms with Gasteiger partial charge in [0, 0.05) is 11.3 Å². The van der Waals surface area contributed by atoms with Crippen molar-refractivity contribution in [1.82, 2.24) is 4.57 Å². The van der Waals surface area contributed by atoms with Crippen molar-refractivity contribution in [3.05, 3.63) is 50.8 Å². The number of carbonyl (C=O) groups excluding carboxylic acids is 2. The van der Waals surface area contributed by atoms with E-state index in [0.29, 0.717) is 32.9 Å². The van der Waals surface area contributed by atoms with E-state index in [1.807, 2.05) is 10.6 Å². The Morgan fingerprint density at radius 3 is 2.62 bits per heavy atom. The smallest absolute Gasteiger partial charge is 0.350 e. The molecule has 1 heterocycles. The summed E-state index contributed by atoms with van der Waals surface area (Å²) in [6.07, 6.45) is 2.77. The van der Waals surface area contributed by atoms with Crippen LogP contribution in [-0.4, -0.2) is 34.3 Å². The summed E-state index contributed by atoms with van der Waals surface area (Å²) < 4.78 is 6.95. The third kappa shape index (κ3) is 4.47. The third-order valence-electron chi connectivity index (χ3n) is 5.03. The number of carbonyl (C=O) groups is 2. The standard InChI is InChI=1S/C21H23N3O4S/c1-3-28-20(27)18-13(2)24(16-6-4-5-7-17(16)25)21(29-18)23-19(26)15-10-8-14(12-22)9-11-15/h8-11,16-17,25H,3-7H2,1-2H3/t16-,17-/m0/s1. The van der Waals surface area contributed by atoms with Gasteiger partial charge in [-0.1, -0.05) is 24.2 Å². The highest BCUT2D eigenvalue weighted by atomic mass is 32.1. The van der Waals surface area contributed by atoms with Crippen molar-refractivity contribution in [2.75, 3.05) is 6.61 Å². The Balaban J connectivity index is 2.08. The van der Waals surface area contributed by atoms with Crippen LogP contribution in [-0.2, 0) is 4.74 Å². The lowest BCUT2D eigenvalue weighted by molar-refractivity contribution is 0.0526. The average Bonchev–Trinajstić information content (AvgIpc) is 3.04. The van der Waals surface area contributed by atoms with E-state index < -0.39 is 18.0 Å². The molecule has 1 amide bonds. The number of nitriles is 1. The number of hydrogen-bond donors (Lipinski definition) is 1. The molecule has 0 saturated heterocycles. The fourth-order valence-electron chi connectivity index (χ4n) is 3.55. The first-order valence-electron chi connectivity index (χ1n) is 9.62. The van der Waals surface area contributed by atoms with E-state index in [9.17, 15) is 14.7 Å². The minimum absolute atomic E-state index is 0.240. The number of ether oxygens (including phenoxy) is 1. The van der Waals surface area contributed by atoms with Gasteiger partial charge < -0.3 is 14.4 Å². The fourth-order valence-corrected chi connectivity index (χ4v) is 4.62. The van der Waals surface area contributed by atoms with Crippen molar-refractivity contribution in [3.63, 3.8) is 0 Å². The molecule has 1 aromatic heterocycles. The summed E-state index contributed by atoms with van der Waals surface area (Å²) in [4.78, 5) is 30.1. The molecule has 0 aliphatic heterocycles. The largest absolute Gasteiger partial charge is 0.462 e. The molecule has 1 aliphatic rings. The van der Waals surface area contributed by atoms with Crippen molar-refractivity contribution < 1.29 is 19.4 Å². The van der Waals surface area contributed by atoms with Crippen LogP contribution < -0.4 is 4.80 Å². The zero-order chi connectivity index (χ0) is 21.0. The van der Waals surface area contributed by atoms with Crippen LogP contribution in [0, 0.1) is 18.3 Å². The first kappa shape index (κ1) is 21.0. The lowest BCUT2D eigenvalue weighted by Gasteiger charge is -2.29. The average molecular weight is 413 g/mol. The van der Waals surface area contributed by atoms with Crippen molar-refractivity contribution in [2.45, 2.75) is 51.7 Å². The van der Waals surface area contributed by atoms with E-state index in [4.69, 9.17) is 10.00 Å². The van der Waals surface area contributed by atoms with Gasteiger partial charge in [0.15, 0.2) is 4.80 Å². The van der Waals surface area contributed by atoms with Gasteiger partial charge in [-0.05, 0) is 51.0 Å². The summed E-state index contributed by atoms with van der Waals surface area (Å²) in [6, 6.07) is 8.00. The van der Waals surface area contributed by atoms with Gasteiger partial charge in [-0.2, -0.15) is 10.3 Å². The van der Waals surface area contributed by atoms with Gasteiger partial charge in [0.1, 0.15) is 4.88 Å². The molecule has 1 N–H and O–H groups in total. The first-order chi connectivity index (χ1) is 14.0. The van der Waals surface area contributed by atoms with E-state index in [1.165, 1.54) is 0 Å². The van der Waals surface area contributed by atoms with Crippen LogP contribution in [0.4, 0.5) is 0 Å². The Bertz CT molecular complexity index is 1010. The summed E-state index contributed by atoms with van der Waals surface area (Å²) in [5.41, 5.74) is 1.45. The number of hydrogen-bond acceptors (Lipinski definition) is 6. The zero-order valence-corrected chi connectivity index (χ0v) is 17.2. The molecule has 7 nitrogen and oxygen atoms in total. The second-order valence-electron chi connectivity index (χ2n) is 6.91. The van der Waals surface area contributed by atoms with E-state index in [-0.39, 0.29) is 12.6 Å². The Hall–Kier alpha value is -2.76. The van der Waals surface area contributed by atoms with Crippen LogP contribution >= 0.6 is 11.3 Å². The number of rotatable bonds is 4. The fraction of sp³-hybridized carbons (Fsp3) is 0.429. The Kier molecular flexibility index (Phi) is 6.62. The topological polar surface area (TPSA) is 105 Å². The molecule has 2 atom stereocenters. The van der Waals surface area contributed by atoms with Crippen molar-refractivity contribution in [3.8, 4) is 6.07 Å². The Morgan fingerprint density at radius 1 is 1.31 bits per heavy atom. The summed E-state index contributed by atoms with van der Waals surface area (Å²) >= 11 is 1.10. The number of benzene rings is 1. The van der Waals surface area contributed by atoms with Crippen LogP contribution in [0.5, 0.6) is 0 Å². The molecule has 2 aromatic rings. The van der Waals surface area contributed by atoms with Gasteiger partial charge in [-0.25, -0.2) is 4.79 Å². The molecule has 0 radical (unpaired) electrons. The molecule has 1 aromatic carbocycles. The van der Waals surface area contributed by atoms with Crippen LogP contribution in [0.2, 0.25) is 0 Å².